The zero-order valence-electron chi connectivity index (χ0n) is 4.07. The monoisotopic (exact) mass is 398 g/mol. The van der Waals surface area contributed by atoms with E-state index in [1.807, 2.05) is 0 Å². The van der Waals surface area contributed by atoms with Crippen molar-refractivity contribution < 1.29 is 0 Å². The average molecular weight is 402 g/mol. The zero-order chi connectivity index (χ0) is 7.02. The summed E-state index contributed by atoms with van der Waals surface area (Å²) < 4.78 is 2.81. The molecule has 0 saturated carbocycles. The van der Waals surface area contributed by atoms with E-state index < -0.39 is 0 Å². The minimum Gasteiger partial charge on any atom is -0.101 e. The predicted octanol–water partition coefficient (Wildman–Crippen LogP) is 4.18. The van der Waals surface area contributed by atoms with Gasteiger partial charge in [-0.25, -0.2) is 0 Å². The second-order valence-corrected chi connectivity index (χ2v) is 7.40. The van der Waals surface area contributed by atoms with Crippen LogP contribution < -0.4 is 0 Å². The van der Waals surface area contributed by atoms with E-state index in [1.54, 1.807) is 11.8 Å². The lowest BCUT2D eigenvalue weighted by Gasteiger charge is -2.02. The van der Waals surface area contributed by atoms with Gasteiger partial charge in [-0.3, -0.25) is 0 Å². The number of halogens is 4. The van der Waals surface area contributed by atoms with Crippen molar-refractivity contribution in [3.8, 4) is 0 Å². The molecule has 0 nitrogen and oxygen atoms in total. The molecule has 0 spiro atoms. The summed E-state index contributed by atoms with van der Waals surface area (Å²) in [6.07, 6.45) is 0. The topological polar surface area (TPSA) is 0 Å². The SMILES string of the molecule is BrC1=C(Br)C(Br)C(Br)S1. The van der Waals surface area contributed by atoms with Crippen molar-refractivity contribution in [3.05, 3.63) is 8.30 Å². The normalized spacial score (nSPS) is 36.0. The van der Waals surface area contributed by atoms with Gasteiger partial charge in [0.15, 0.2) is 0 Å². The third-order valence-electron chi connectivity index (χ3n) is 0.876. The maximum atomic E-state index is 3.51. The summed E-state index contributed by atoms with van der Waals surface area (Å²) in [5, 5.41) is 0. The van der Waals surface area contributed by atoms with Gasteiger partial charge >= 0.3 is 0 Å². The van der Waals surface area contributed by atoms with E-state index in [4.69, 9.17) is 0 Å². The molecule has 1 heterocycles. The van der Waals surface area contributed by atoms with E-state index in [0.717, 1.165) is 0 Å². The molecule has 5 heteroatoms. The van der Waals surface area contributed by atoms with Crippen LogP contribution in [0.3, 0.4) is 0 Å². The van der Waals surface area contributed by atoms with Crippen molar-refractivity contribution in [2.45, 2.75) is 8.99 Å². The van der Waals surface area contributed by atoms with E-state index in [1.165, 1.54) is 8.30 Å². The summed E-state index contributed by atoms with van der Waals surface area (Å²) in [6, 6.07) is 0. The van der Waals surface area contributed by atoms with Crippen LogP contribution in [0.25, 0.3) is 0 Å². The van der Waals surface area contributed by atoms with Crippen LogP contribution in [0.15, 0.2) is 8.30 Å². The number of rotatable bonds is 0. The van der Waals surface area contributed by atoms with Gasteiger partial charge in [0.25, 0.3) is 0 Å². The van der Waals surface area contributed by atoms with Crippen LogP contribution in [-0.4, -0.2) is 8.99 Å². The van der Waals surface area contributed by atoms with Gasteiger partial charge in [-0.2, -0.15) is 0 Å². The Morgan fingerprint density at radius 2 is 1.78 bits per heavy atom. The molecule has 1 aliphatic rings. The predicted molar refractivity (Wildman–Crippen MR) is 57.9 cm³/mol. The smallest absolute Gasteiger partial charge is 0.0824 e. The van der Waals surface area contributed by atoms with Crippen LogP contribution in [0, 0.1) is 0 Å². The Labute approximate surface area is 91.7 Å². The Morgan fingerprint density at radius 3 is 1.89 bits per heavy atom. The molecule has 2 atom stereocenters. The molecule has 0 aromatic rings. The van der Waals surface area contributed by atoms with Crippen molar-refractivity contribution >= 4 is 75.5 Å². The quantitative estimate of drug-likeness (QED) is 0.549. The Balaban J connectivity index is 2.74. The Kier molecular flexibility index (Phi) is 3.65. The van der Waals surface area contributed by atoms with Crippen molar-refractivity contribution in [3.63, 3.8) is 0 Å². The van der Waals surface area contributed by atoms with Crippen molar-refractivity contribution in [2.24, 2.45) is 0 Å². The standard InChI is InChI=1S/C4H2Br4S/c5-1-2(6)4(8)9-3(1)7/h1,3H. The third kappa shape index (κ3) is 1.98. The molecule has 2 unspecified atom stereocenters. The van der Waals surface area contributed by atoms with E-state index in [9.17, 15) is 0 Å². The molecule has 0 radical (unpaired) electrons. The van der Waals surface area contributed by atoms with E-state index in [2.05, 4.69) is 63.7 Å². The van der Waals surface area contributed by atoms with Crippen LogP contribution in [0.1, 0.15) is 0 Å². The van der Waals surface area contributed by atoms with E-state index >= 15 is 0 Å². The number of allylic oxidation sites excluding steroid dienone is 1. The molecule has 0 saturated heterocycles. The van der Waals surface area contributed by atoms with Crippen LogP contribution in [0.5, 0.6) is 0 Å². The van der Waals surface area contributed by atoms with Gasteiger partial charge in [0.1, 0.15) is 0 Å². The molecule has 52 valence electrons. The molecule has 0 aromatic carbocycles. The first-order valence-corrected chi connectivity index (χ1v) is 6.42. The largest absolute Gasteiger partial charge is 0.101 e. The molecule has 0 bridgehead atoms. The average Bonchev–Trinajstić information content (AvgIpc) is 1.98. The summed E-state index contributed by atoms with van der Waals surface area (Å²) in [6.45, 7) is 0. The minimum atomic E-state index is 0.400. The molecule has 0 aliphatic carbocycles. The lowest BCUT2D eigenvalue weighted by molar-refractivity contribution is 1.26. The third-order valence-corrected chi connectivity index (χ3v) is 8.22. The van der Waals surface area contributed by atoms with Gasteiger partial charge < -0.3 is 0 Å². The Hall–Kier alpha value is 2.01. The zero-order valence-corrected chi connectivity index (χ0v) is 11.2. The van der Waals surface area contributed by atoms with Gasteiger partial charge in [0, 0.05) is 4.48 Å². The summed E-state index contributed by atoms with van der Waals surface area (Å²) in [5.74, 6) is 0. The number of thioether (sulfide) groups is 1. The maximum absolute atomic E-state index is 3.51. The summed E-state index contributed by atoms with van der Waals surface area (Å²) >= 11 is 15.6. The molecular weight excluding hydrogens is 400 g/mol. The highest BCUT2D eigenvalue weighted by Crippen LogP contribution is 2.49. The Bertz CT molecular complexity index is 155. The second-order valence-electron chi connectivity index (χ2n) is 1.49. The minimum absolute atomic E-state index is 0.400. The molecule has 0 amide bonds. The van der Waals surface area contributed by atoms with Crippen LogP contribution in [0.4, 0.5) is 0 Å². The number of alkyl halides is 2. The molecule has 1 aliphatic heterocycles. The summed E-state index contributed by atoms with van der Waals surface area (Å²) in [7, 11) is 0. The van der Waals surface area contributed by atoms with Gasteiger partial charge in [-0.05, 0) is 15.9 Å². The fourth-order valence-corrected chi connectivity index (χ4v) is 5.65. The van der Waals surface area contributed by atoms with Crippen LogP contribution in [0.2, 0.25) is 0 Å². The first-order valence-electron chi connectivity index (χ1n) is 2.13. The second kappa shape index (κ2) is 3.61. The number of hydrogen-bond acceptors (Lipinski definition) is 1. The Morgan fingerprint density at radius 1 is 1.22 bits per heavy atom. The van der Waals surface area contributed by atoms with E-state index in [0.29, 0.717) is 8.99 Å². The number of hydrogen-bond donors (Lipinski definition) is 0. The maximum Gasteiger partial charge on any atom is 0.0824 e. The van der Waals surface area contributed by atoms with Gasteiger partial charge in [-0.1, -0.05) is 47.8 Å². The van der Waals surface area contributed by atoms with Crippen molar-refractivity contribution in [1.29, 1.82) is 0 Å². The molecule has 9 heavy (non-hydrogen) atoms. The van der Waals surface area contributed by atoms with Crippen LogP contribution in [-0.2, 0) is 0 Å². The molecule has 0 fully saturated rings. The summed E-state index contributed by atoms with van der Waals surface area (Å²) in [5.41, 5.74) is 0. The highest BCUT2D eigenvalue weighted by Gasteiger charge is 2.29. The van der Waals surface area contributed by atoms with Crippen molar-refractivity contribution in [2.75, 3.05) is 0 Å². The van der Waals surface area contributed by atoms with Crippen molar-refractivity contribution in [1.82, 2.24) is 0 Å². The van der Waals surface area contributed by atoms with Gasteiger partial charge in [0.2, 0.25) is 0 Å². The molecule has 1 rings (SSSR count). The van der Waals surface area contributed by atoms with Gasteiger partial charge in [0.05, 0.1) is 12.8 Å². The lowest BCUT2D eigenvalue weighted by atomic mass is 10.5. The van der Waals surface area contributed by atoms with Crippen LogP contribution >= 0.6 is 75.5 Å². The first-order chi connectivity index (χ1) is 4.13. The lowest BCUT2D eigenvalue weighted by Crippen LogP contribution is -2.02. The molecule has 0 aromatic heterocycles. The highest BCUT2D eigenvalue weighted by molar-refractivity contribution is 9.18. The fourth-order valence-electron chi connectivity index (χ4n) is 0.438. The highest BCUT2D eigenvalue weighted by atomic mass is 79.9. The van der Waals surface area contributed by atoms with Gasteiger partial charge in [-0.15, -0.1) is 11.8 Å². The van der Waals surface area contributed by atoms with E-state index in [-0.39, 0.29) is 0 Å². The summed E-state index contributed by atoms with van der Waals surface area (Å²) in [4.78, 5) is 0.400. The fraction of sp³-hybridized carbons (Fsp3) is 0.500. The molecular formula is C4H2Br4S. The molecule has 0 N–H and O–H groups in total. The first kappa shape index (κ1) is 9.10.